The van der Waals surface area contributed by atoms with Gasteiger partial charge in [-0.1, -0.05) is 6.92 Å². The predicted octanol–water partition coefficient (Wildman–Crippen LogP) is 1.43. The normalized spacial score (nSPS) is 11.1. The van der Waals surface area contributed by atoms with E-state index in [0.29, 0.717) is 19.3 Å². The van der Waals surface area contributed by atoms with Crippen molar-refractivity contribution in [3.8, 4) is 0 Å². The fraction of sp³-hybridized carbons (Fsp3) is 1.00. The monoisotopic (exact) mass is 189 g/mol. The third kappa shape index (κ3) is 11.9. The predicted molar refractivity (Wildman–Crippen MR) is 55.1 cm³/mol. The number of nitrogens with one attached hydrogen (secondary N) is 1. The summed E-state index contributed by atoms with van der Waals surface area (Å²) < 4.78 is 10.7. The zero-order chi connectivity index (χ0) is 9.94. The van der Waals surface area contributed by atoms with E-state index in [1.54, 1.807) is 0 Å². The standard InChI is InChI=1S/C10H23NO2/c1-4-5-11-6-7-12-8-9-13-10(2)3/h10-11H,4-9H2,1-3H3. The second kappa shape index (κ2) is 9.96. The molecule has 0 amide bonds. The summed E-state index contributed by atoms with van der Waals surface area (Å²) in [6.07, 6.45) is 1.48. The summed E-state index contributed by atoms with van der Waals surface area (Å²) in [6.45, 7) is 10.4. The van der Waals surface area contributed by atoms with Gasteiger partial charge in [0.25, 0.3) is 0 Å². The average Bonchev–Trinajstić information content (AvgIpc) is 2.09. The molecule has 0 radical (unpaired) electrons. The molecule has 0 aromatic rings. The zero-order valence-corrected chi connectivity index (χ0v) is 9.14. The highest BCUT2D eigenvalue weighted by Crippen LogP contribution is 1.86. The number of hydrogen-bond acceptors (Lipinski definition) is 3. The minimum Gasteiger partial charge on any atom is -0.378 e. The molecule has 13 heavy (non-hydrogen) atoms. The molecule has 0 fully saturated rings. The fourth-order valence-electron chi connectivity index (χ4n) is 0.891. The van der Waals surface area contributed by atoms with Gasteiger partial charge in [-0.3, -0.25) is 0 Å². The van der Waals surface area contributed by atoms with Gasteiger partial charge in [-0.2, -0.15) is 0 Å². The summed E-state index contributed by atoms with van der Waals surface area (Å²) >= 11 is 0. The molecule has 0 rings (SSSR count). The van der Waals surface area contributed by atoms with Crippen molar-refractivity contribution in [2.24, 2.45) is 0 Å². The maximum atomic E-state index is 5.34. The summed E-state index contributed by atoms with van der Waals surface area (Å²) in [5.74, 6) is 0. The molecule has 3 heteroatoms. The molecular weight excluding hydrogens is 166 g/mol. The highest BCUT2D eigenvalue weighted by Gasteiger charge is 1.92. The maximum Gasteiger partial charge on any atom is 0.0703 e. The lowest BCUT2D eigenvalue weighted by molar-refractivity contribution is 0.0204. The van der Waals surface area contributed by atoms with Gasteiger partial charge < -0.3 is 14.8 Å². The summed E-state index contributed by atoms with van der Waals surface area (Å²) in [7, 11) is 0. The average molecular weight is 189 g/mol. The van der Waals surface area contributed by atoms with E-state index in [1.807, 2.05) is 13.8 Å². The topological polar surface area (TPSA) is 30.5 Å². The zero-order valence-electron chi connectivity index (χ0n) is 9.14. The van der Waals surface area contributed by atoms with Crippen molar-refractivity contribution >= 4 is 0 Å². The molecule has 3 nitrogen and oxygen atoms in total. The smallest absolute Gasteiger partial charge is 0.0703 e. The van der Waals surface area contributed by atoms with Gasteiger partial charge in [-0.25, -0.2) is 0 Å². The van der Waals surface area contributed by atoms with E-state index < -0.39 is 0 Å². The van der Waals surface area contributed by atoms with Gasteiger partial charge in [-0.15, -0.1) is 0 Å². The maximum absolute atomic E-state index is 5.34. The van der Waals surface area contributed by atoms with Gasteiger partial charge in [-0.05, 0) is 26.8 Å². The number of hydrogen-bond donors (Lipinski definition) is 1. The van der Waals surface area contributed by atoms with E-state index in [1.165, 1.54) is 6.42 Å². The molecule has 0 aliphatic rings. The molecule has 0 bridgehead atoms. The van der Waals surface area contributed by atoms with E-state index in [0.717, 1.165) is 19.7 Å². The Morgan fingerprint density at radius 1 is 1.08 bits per heavy atom. The van der Waals surface area contributed by atoms with Crippen LogP contribution in [0.25, 0.3) is 0 Å². The fourth-order valence-corrected chi connectivity index (χ4v) is 0.891. The highest BCUT2D eigenvalue weighted by molar-refractivity contribution is 4.43. The number of ether oxygens (including phenoxy) is 2. The summed E-state index contributed by atoms with van der Waals surface area (Å²) in [5, 5.41) is 3.27. The van der Waals surface area contributed by atoms with Crippen LogP contribution in [0.15, 0.2) is 0 Å². The summed E-state index contributed by atoms with van der Waals surface area (Å²) in [6, 6.07) is 0. The van der Waals surface area contributed by atoms with Crippen molar-refractivity contribution in [1.82, 2.24) is 5.32 Å². The lowest BCUT2D eigenvalue weighted by Gasteiger charge is -2.08. The Hall–Kier alpha value is -0.120. The molecule has 0 spiro atoms. The molecule has 0 atom stereocenters. The van der Waals surface area contributed by atoms with E-state index in [9.17, 15) is 0 Å². The van der Waals surface area contributed by atoms with Gasteiger partial charge in [0, 0.05) is 6.54 Å². The summed E-state index contributed by atoms with van der Waals surface area (Å²) in [5.41, 5.74) is 0. The molecule has 0 aliphatic heterocycles. The van der Waals surface area contributed by atoms with E-state index in [2.05, 4.69) is 12.2 Å². The Morgan fingerprint density at radius 2 is 1.85 bits per heavy atom. The summed E-state index contributed by atoms with van der Waals surface area (Å²) in [4.78, 5) is 0. The minimum absolute atomic E-state index is 0.307. The molecule has 0 aliphatic carbocycles. The first-order valence-corrected chi connectivity index (χ1v) is 5.17. The molecule has 0 heterocycles. The molecule has 0 aromatic carbocycles. The molecule has 80 valence electrons. The Kier molecular flexibility index (Phi) is 9.87. The van der Waals surface area contributed by atoms with Crippen molar-refractivity contribution in [3.05, 3.63) is 0 Å². The van der Waals surface area contributed by atoms with Gasteiger partial charge in [0.1, 0.15) is 0 Å². The Morgan fingerprint density at radius 3 is 2.46 bits per heavy atom. The van der Waals surface area contributed by atoms with Crippen molar-refractivity contribution in [1.29, 1.82) is 0 Å². The van der Waals surface area contributed by atoms with Crippen LogP contribution in [0.5, 0.6) is 0 Å². The van der Waals surface area contributed by atoms with Gasteiger partial charge >= 0.3 is 0 Å². The van der Waals surface area contributed by atoms with Gasteiger partial charge in [0.2, 0.25) is 0 Å². The van der Waals surface area contributed by atoms with Crippen LogP contribution < -0.4 is 5.32 Å². The minimum atomic E-state index is 0.307. The molecule has 0 saturated heterocycles. The van der Waals surface area contributed by atoms with Crippen LogP contribution in [0, 0.1) is 0 Å². The first-order chi connectivity index (χ1) is 6.27. The molecule has 1 N–H and O–H groups in total. The molecule has 0 saturated carbocycles. The number of rotatable bonds is 9. The second-order valence-electron chi connectivity index (χ2n) is 3.28. The Bertz CT molecular complexity index is 96.9. The largest absolute Gasteiger partial charge is 0.378 e. The van der Waals surface area contributed by atoms with E-state index in [4.69, 9.17) is 9.47 Å². The molecular formula is C10H23NO2. The van der Waals surface area contributed by atoms with Crippen LogP contribution in [0.2, 0.25) is 0 Å². The third-order valence-electron chi connectivity index (χ3n) is 1.53. The quantitative estimate of drug-likeness (QED) is 0.557. The van der Waals surface area contributed by atoms with Crippen molar-refractivity contribution in [2.75, 3.05) is 32.9 Å². The van der Waals surface area contributed by atoms with Crippen molar-refractivity contribution < 1.29 is 9.47 Å². The second-order valence-corrected chi connectivity index (χ2v) is 3.28. The van der Waals surface area contributed by atoms with Gasteiger partial charge in [0.05, 0.1) is 25.9 Å². The van der Waals surface area contributed by atoms with Crippen LogP contribution in [-0.2, 0) is 9.47 Å². The van der Waals surface area contributed by atoms with E-state index in [-0.39, 0.29) is 0 Å². The third-order valence-corrected chi connectivity index (χ3v) is 1.53. The van der Waals surface area contributed by atoms with Gasteiger partial charge in [0.15, 0.2) is 0 Å². The molecule has 0 unspecified atom stereocenters. The van der Waals surface area contributed by atoms with Crippen molar-refractivity contribution in [3.63, 3.8) is 0 Å². The lowest BCUT2D eigenvalue weighted by Crippen LogP contribution is -2.21. The lowest BCUT2D eigenvalue weighted by atomic mass is 10.5. The van der Waals surface area contributed by atoms with Crippen LogP contribution in [0.3, 0.4) is 0 Å². The van der Waals surface area contributed by atoms with E-state index >= 15 is 0 Å². The highest BCUT2D eigenvalue weighted by atomic mass is 16.5. The van der Waals surface area contributed by atoms with Crippen LogP contribution in [0.1, 0.15) is 27.2 Å². The first kappa shape index (κ1) is 12.9. The first-order valence-electron chi connectivity index (χ1n) is 5.17. The van der Waals surface area contributed by atoms with Crippen LogP contribution >= 0.6 is 0 Å². The Balaban J connectivity index is 2.84. The van der Waals surface area contributed by atoms with Crippen molar-refractivity contribution in [2.45, 2.75) is 33.3 Å². The Labute approximate surface area is 81.8 Å². The van der Waals surface area contributed by atoms with Crippen LogP contribution in [-0.4, -0.2) is 39.0 Å². The van der Waals surface area contributed by atoms with Crippen LogP contribution in [0.4, 0.5) is 0 Å². The SMILES string of the molecule is CCCNCCOCCOC(C)C. The molecule has 0 aromatic heterocycles.